The highest BCUT2D eigenvalue weighted by Gasteiger charge is 2.47. The number of benzene rings is 1. The molecule has 1 saturated heterocycles. The van der Waals surface area contributed by atoms with Crippen molar-refractivity contribution in [3.63, 3.8) is 0 Å². The Morgan fingerprint density at radius 1 is 1.14 bits per heavy atom. The van der Waals surface area contributed by atoms with Gasteiger partial charge in [0.2, 0.25) is 0 Å². The first-order valence-corrected chi connectivity index (χ1v) is 10.3. The molecular weight excluding hydrogens is 370 g/mol. The molecule has 0 radical (unpaired) electrons. The lowest BCUT2D eigenvalue weighted by Crippen LogP contribution is -2.49. The molecule has 0 saturated carbocycles. The minimum atomic E-state index is -0.0953. The molecule has 0 N–H and O–H groups in total. The van der Waals surface area contributed by atoms with Crippen LogP contribution in [0.5, 0.6) is 0 Å². The summed E-state index contributed by atoms with van der Waals surface area (Å²) in [5.74, 6) is 0.0177. The second kappa shape index (κ2) is 6.76. The van der Waals surface area contributed by atoms with E-state index in [9.17, 15) is 4.79 Å². The standard InChI is InChI=1S/C21H21N5OS/c1-25-10-8-21(13-25)14-26(20(27)16-7-9-22-23-11-16)12-17-18(21)24-19(28-17)15-5-3-2-4-6-15/h2-7,9,11H,8,10,12-14H2,1H3/t21-/m1/s1. The second-order valence-corrected chi connectivity index (χ2v) is 8.80. The van der Waals surface area contributed by atoms with Crippen LogP contribution in [0.4, 0.5) is 0 Å². The summed E-state index contributed by atoms with van der Waals surface area (Å²) < 4.78 is 0. The molecule has 2 aliphatic rings. The number of hydrogen-bond acceptors (Lipinski definition) is 6. The molecule has 0 aliphatic carbocycles. The van der Waals surface area contributed by atoms with E-state index in [4.69, 9.17) is 4.98 Å². The Labute approximate surface area is 167 Å². The van der Waals surface area contributed by atoms with Crippen molar-refractivity contribution in [2.75, 3.05) is 26.7 Å². The van der Waals surface area contributed by atoms with E-state index < -0.39 is 0 Å². The molecule has 0 bridgehead atoms. The maximum atomic E-state index is 13.1. The average molecular weight is 392 g/mol. The first-order valence-electron chi connectivity index (χ1n) is 9.45. The van der Waals surface area contributed by atoms with Crippen molar-refractivity contribution in [1.29, 1.82) is 0 Å². The molecule has 4 heterocycles. The molecule has 1 atom stereocenters. The van der Waals surface area contributed by atoms with E-state index in [1.807, 2.05) is 23.1 Å². The quantitative estimate of drug-likeness (QED) is 0.672. The zero-order valence-electron chi connectivity index (χ0n) is 15.7. The van der Waals surface area contributed by atoms with Crippen LogP contribution in [0.15, 0.2) is 48.8 Å². The average Bonchev–Trinajstić information content (AvgIpc) is 3.33. The van der Waals surface area contributed by atoms with E-state index in [0.717, 1.165) is 30.1 Å². The van der Waals surface area contributed by atoms with Crippen LogP contribution in [0.1, 0.15) is 27.3 Å². The van der Waals surface area contributed by atoms with Gasteiger partial charge >= 0.3 is 0 Å². The number of likely N-dealkylation sites (tertiary alicyclic amines) is 1. The SMILES string of the molecule is CN1CC[C@@]2(C1)CN(C(=O)c1ccnnc1)Cc1sc(-c3ccccc3)nc12. The molecule has 2 aliphatic heterocycles. The third-order valence-corrected chi connectivity index (χ3v) is 6.80. The van der Waals surface area contributed by atoms with Crippen LogP contribution in [-0.4, -0.2) is 57.6 Å². The van der Waals surface area contributed by atoms with Crippen molar-refractivity contribution in [2.45, 2.75) is 18.4 Å². The summed E-state index contributed by atoms with van der Waals surface area (Å²) in [6.07, 6.45) is 4.14. The van der Waals surface area contributed by atoms with Crippen LogP contribution < -0.4 is 0 Å². The zero-order valence-corrected chi connectivity index (χ0v) is 16.5. The third-order valence-electron chi connectivity index (χ3n) is 5.71. The number of rotatable bonds is 2. The van der Waals surface area contributed by atoms with E-state index in [-0.39, 0.29) is 11.3 Å². The lowest BCUT2D eigenvalue weighted by atomic mass is 9.79. The van der Waals surface area contributed by atoms with Gasteiger partial charge in [0, 0.05) is 28.9 Å². The molecule has 28 heavy (non-hydrogen) atoms. The highest BCUT2D eigenvalue weighted by atomic mass is 32.1. The van der Waals surface area contributed by atoms with Crippen LogP contribution in [0.3, 0.4) is 0 Å². The van der Waals surface area contributed by atoms with Gasteiger partial charge in [0.05, 0.1) is 30.2 Å². The number of amides is 1. The summed E-state index contributed by atoms with van der Waals surface area (Å²) in [6, 6.07) is 12.0. The van der Waals surface area contributed by atoms with Crippen LogP contribution >= 0.6 is 11.3 Å². The van der Waals surface area contributed by atoms with Crippen molar-refractivity contribution in [1.82, 2.24) is 25.0 Å². The lowest BCUT2D eigenvalue weighted by Gasteiger charge is -2.39. The van der Waals surface area contributed by atoms with Crippen LogP contribution in [0, 0.1) is 0 Å². The van der Waals surface area contributed by atoms with Crippen molar-refractivity contribution in [3.05, 3.63) is 64.9 Å². The summed E-state index contributed by atoms with van der Waals surface area (Å²) in [5.41, 5.74) is 2.83. The maximum Gasteiger partial charge on any atom is 0.255 e. The molecule has 1 fully saturated rings. The lowest BCUT2D eigenvalue weighted by molar-refractivity contribution is 0.0672. The van der Waals surface area contributed by atoms with Crippen LogP contribution in [-0.2, 0) is 12.0 Å². The van der Waals surface area contributed by atoms with Gasteiger partial charge in [-0.2, -0.15) is 10.2 Å². The Morgan fingerprint density at radius 2 is 2.00 bits per heavy atom. The van der Waals surface area contributed by atoms with Crippen LogP contribution in [0.25, 0.3) is 10.6 Å². The fraction of sp³-hybridized carbons (Fsp3) is 0.333. The number of likely N-dealkylation sites (N-methyl/N-ethyl adjacent to an activating group) is 1. The molecule has 6 nitrogen and oxygen atoms in total. The van der Waals surface area contributed by atoms with Gasteiger partial charge in [0.1, 0.15) is 5.01 Å². The van der Waals surface area contributed by atoms with Gasteiger partial charge in [0.25, 0.3) is 5.91 Å². The first-order chi connectivity index (χ1) is 13.6. The second-order valence-electron chi connectivity index (χ2n) is 7.72. The summed E-state index contributed by atoms with van der Waals surface area (Å²) in [4.78, 5) is 23.7. The minimum Gasteiger partial charge on any atom is -0.332 e. The predicted molar refractivity (Wildman–Crippen MR) is 108 cm³/mol. The molecule has 1 spiro atoms. The van der Waals surface area contributed by atoms with Gasteiger partial charge < -0.3 is 9.80 Å². The van der Waals surface area contributed by atoms with Gasteiger partial charge in [-0.05, 0) is 26.1 Å². The number of carbonyl (C=O) groups excluding carboxylic acids is 1. The maximum absolute atomic E-state index is 13.1. The van der Waals surface area contributed by atoms with E-state index in [2.05, 4.69) is 34.3 Å². The Bertz CT molecular complexity index is 1010. The molecular formula is C21H21N5OS. The fourth-order valence-electron chi connectivity index (χ4n) is 4.39. The molecule has 1 amide bonds. The summed E-state index contributed by atoms with van der Waals surface area (Å²) in [7, 11) is 2.15. The Balaban J connectivity index is 1.55. The normalized spacial score (nSPS) is 21.8. The van der Waals surface area contributed by atoms with E-state index in [1.165, 1.54) is 10.6 Å². The first kappa shape index (κ1) is 17.5. The van der Waals surface area contributed by atoms with E-state index in [0.29, 0.717) is 18.7 Å². The molecule has 142 valence electrons. The zero-order chi connectivity index (χ0) is 19.1. The number of carbonyl (C=O) groups is 1. The van der Waals surface area contributed by atoms with Gasteiger partial charge in [-0.15, -0.1) is 11.3 Å². The van der Waals surface area contributed by atoms with Gasteiger partial charge in [0.15, 0.2) is 0 Å². The molecule has 5 rings (SSSR count). The van der Waals surface area contributed by atoms with Crippen LogP contribution in [0.2, 0.25) is 0 Å². The van der Waals surface area contributed by atoms with Gasteiger partial charge in [-0.3, -0.25) is 4.79 Å². The Hall–Kier alpha value is -2.64. The minimum absolute atomic E-state index is 0.0177. The Kier molecular flexibility index (Phi) is 4.21. The molecule has 2 aromatic heterocycles. The van der Waals surface area contributed by atoms with Crippen molar-refractivity contribution >= 4 is 17.2 Å². The van der Waals surface area contributed by atoms with Crippen molar-refractivity contribution in [3.8, 4) is 10.6 Å². The van der Waals surface area contributed by atoms with E-state index >= 15 is 0 Å². The number of fused-ring (bicyclic) bond motifs is 2. The molecule has 7 heteroatoms. The summed E-state index contributed by atoms with van der Waals surface area (Å²) in [5, 5.41) is 8.71. The number of thiazole rings is 1. The number of aromatic nitrogens is 3. The van der Waals surface area contributed by atoms with Gasteiger partial charge in [-0.1, -0.05) is 30.3 Å². The summed E-state index contributed by atoms with van der Waals surface area (Å²) >= 11 is 1.72. The third kappa shape index (κ3) is 2.91. The molecule has 3 aromatic rings. The predicted octanol–water partition coefficient (Wildman–Crippen LogP) is 2.83. The molecule has 1 aromatic carbocycles. The van der Waals surface area contributed by atoms with E-state index in [1.54, 1.807) is 29.8 Å². The van der Waals surface area contributed by atoms with Crippen molar-refractivity contribution < 1.29 is 4.79 Å². The fourth-order valence-corrected chi connectivity index (χ4v) is 5.60. The number of nitrogens with zero attached hydrogens (tertiary/aromatic N) is 5. The monoisotopic (exact) mass is 391 g/mol. The van der Waals surface area contributed by atoms with Crippen molar-refractivity contribution in [2.24, 2.45) is 0 Å². The number of hydrogen-bond donors (Lipinski definition) is 0. The highest BCUT2D eigenvalue weighted by molar-refractivity contribution is 7.15. The summed E-state index contributed by atoms with van der Waals surface area (Å²) in [6.45, 7) is 3.25. The smallest absolute Gasteiger partial charge is 0.255 e. The topological polar surface area (TPSA) is 62.2 Å². The highest BCUT2D eigenvalue weighted by Crippen LogP contribution is 2.44. The molecule has 0 unspecified atom stereocenters. The van der Waals surface area contributed by atoms with Gasteiger partial charge in [-0.25, -0.2) is 4.98 Å². The largest absolute Gasteiger partial charge is 0.332 e. The Morgan fingerprint density at radius 3 is 2.71 bits per heavy atom.